The SMILES string of the molecule is CN(C)C(=O)C(c1ccccc1)N1CCC(c2nc3ccccc3o2)CC1. The summed E-state index contributed by atoms with van der Waals surface area (Å²) in [7, 11) is 3.65. The number of rotatable bonds is 4. The van der Waals surface area contributed by atoms with Gasteiger partial charge in [-0.05, 0) is 43.6 Å². The standard InChI is InChI=1S/C22H25N3O2/c1-24(2)22(26)20(16-8-4-3-5-9-16)25-14-12-17(13-15-25)21-23-18-10-6-7-11-19(18)27-21/h3-11,17,20H,12-15H2,1-2H3. The van der Waals surface area contributed by atoms with Crippen LogP contribution in [0.5, 0.6) is 0 Å². The van der Waals surface area contributed by atoms with Crippen molar-refractivity contribution in [3.8, 4) is 0 Å². The normalized spacial score (nSPS) is 17.1. The minimum absolute atomic E-state index is 0.126. The van der Waals surface area contributed by atoms with Gasteiger partial charge < -0.3 is 9.32 Å². The Kier molecular flexibility index (Phi) is 4.94. The molecule has 1 atom stereocenters. The highest BCUT2D eigenvalue weighted by molar-refractivity contribution is 5.83. The number of amides is 1. The van der Waals surface area contributed by atoms with Crippen molar-refractivity contribution in [2.24, 2.45) is 0 Å². The summed E-state index contributed by atoms with van der Waals surface area (Å²) in [5.41, 5.74) is 2.82. The molecule has 0 N–H and O–H groups in total. The molecule has 1 aliphatic rings. The van der Waals surface area contributed by atoms with Crippen LogP contribution in [0, 0.1) is 0 Å². The number of likely N-dealkylation sites (N-methyl/N-ethyl adjacent to an activating group) is 1. The number of aromatic nitrogens is 1. The lowest BCUT2D eigenvalue weighted by Gasteiger charge is -2.37. The van der Waals surface area contributed by atoms with Gasteiger partial charge in [0.25, 0.3) is 0 Å². The zero-order valence-corrected chi connectivity index (χ0v) is 15.8. The topological polar surface area (TPSA) is 49.6 Å². The maximum absolute atomic E-state index is 12.9. The number of carbonyl (C=O) groups excluding carboxylic acids is 1. The molecule has 0 bridgehead atoms. The Labute approximate surface area is 159 Å². The molecule has 0 saturated carbocycles. The first kappa shape index (κ1) is 17.7. The number of likely N-dealkylation sites (tertiary alicyclic amines) is 1. The molecular formula is C22H25N3O2. The molecule has 0 spiro atoms. The summed E-state index contributed by atoms with van der Waals surface area (Å²) in [6.07, 6.45) is 1.88. The lowest BCUT2D eigenvalue weighted by Crippen LogP contribution is -2.43. The number of benzene rings is 2. The molecule has 5 heteroatoms. The zero-order valence-electron chi connectivity index (χ0n) is 15.8. The average molecular weight is 363 g/mol. The van der Waals surface area contributed by atoms with Gasteiger partial charge in [0.15, 0.2) is 11.5 Å². The summed E-state index contributed by atoms with van der Waals surface area (Å²) in [5.74, 6) is 1.26. The third-order valence-electron chi connectivity index (χ3n) is 5.34. The Morgan fingerprint density at radius 2 is 1.74 bits per heavy atom. The number of nitrogens with zero attached hydrogens (tertiary/aromatic N) is 3. The van der Waals surface area contributed by atoms with Crippen LogP contribution in [0.1, 0.15) is 36.3 Å². The summed E-state index contributed by atoms with van der Waals surface area (Å²) in [6, 6.07) is 17.7. The predicted molar refractivity (Wildman–Crippen MR) is 105 cm³/mol. The summed E-state index contributed by atoms with van der Waals surface area (Å²) in [6.45, 7) is 1.70. The number of hydrogen-bond acceptors (Lipinski definition) is 4. The van der Waals surface area contributed by atoms with E-state index in [9.17, 15) is 4.79 Å². The second-order valence-corrected chi connectivity index (χ2v) is 7.38. The van der Waals surface area contributed by atoms with Crippen LogP contribution in [0.25, 0.3) is 11.1 Å². The van der Waals surface area contributed by atoms with Crippen LogP contribution in [-0.2, 0) is 4.79 Å². The number of piperidine rings is 1. The Morgan fingerprint density at radius 1 is 1.07 bits per heavy atom. The van der Waals surface area contributed by atoms with Crippen molar-refractivity contribution in [3.63, 3.8) is 0 Å². The highest BCUT2D eigenvalue weighted by atomic mass is 16.3. The molecule has 1 unspecified atom stereocenters. The molecule has 1 fully saturated rings. The summed E-state index contributed by atoms with van der Waals surface area (Å²) in [5, 5.41) is 0. The minimum Gasteiger partial charge on any atom is -0.440 e. The minimum atomic E-state index is -0.231. The zero-order chi connectivity index (χ0) is 18.8. The van der Waals surface area contributed by atoms with E-state index >= 15 is 0 Å². The molecule has 1 saturated heterocycles. The van der Waals surface area contributed by atoms with E-state index in [0.29, 0.717) is 5.92 Å². The second-order valence-electron chi connectivity index (χ2n) is 7.38. The first-order valence-electron chi connectivity index (χ1n) is 9.49. The van der Waals surface area contributed by atoms with Crippen LogP contribution in [0.4, 0.5) is 0 Å². The van der Waals surface area contributed by atoms with Gasteiger partial charge in [-0.1, -0.05) is 42.5 Å². The van der Waals surface area contributed by atoms with Crippen LogP contribution >= 0.6 is 0 Å². The largest absolute Gasteiger partial charge is 0.440 e. The second kappa shape index (κ2) is 7.53. The van der Waals surface area contributed by atoms with Crippen LogP contribution < -0.4 is 0 Å². The third-order valence-corrected chi connectivity index (χ3v) is 5.34. The molecule has 1 amide bonds. The van der Waals surface area contributed by atoms with Gasteiger partial charge in [0.2, 0.25) is 5.91 Å². The van der Waals surface area contributed by atoms with Crippen molar-refractivity contribution >= 4 is 17.0 Å². The van der Waals surface area contributed by atoms with E-state index in [2.05, 4.69) is 9.88 Å². The molecule has 1 aromatic heterocycles. The number of hydrogen-bond donors (Lipinski definition) is 0. The van der Waals surface area contributed by atoms with Gasteiger partial charge in [0.1, 0.15) is 11.6 Å². The van der Waals surface area contributed by atoms with E-state index in [1.165, 1.54) is 0 Å². The van der Waals surface area contributed by atoms with Crippen molar-refractivity contribution < 1.29 is 9.21 Å². The van der Waals surface area contributed by atoms with Gasteiger partial charge in [-0.15, -0.1) is 0 Å². The van der Waals surface area contributed by atoms with Gasteiger partial charge in [0.05, 0.1) is 0 Å². The van der Waals surface area contributed by atoms with E-state index in [0.717, 1.165) is 48.5 Å². The molecule has 0 aliphatic carbocycles. The summed E-state index contributed by atoms with van der Waals surface area (Å²) >= 11 is 0. The molecule has 4 rings (SSSR count). The number of carbonyl (C=O) groups is 1. The number of fused-ring (bicyclic) bond motifs is 1. The average Bonchev–Trinajstić information content (AvgIpc) is 3.13. The van der Waals surface area contributed by atoms with Crippen molar-refractivity contribution in [1.29, 1.82) is 0 Å². The van der Waals surface area contributed by atoms with Crippen LogP contribution in [-0.4, -0.2) is 47.9 Å². The molecule has 1 aliphatic heterocycles. The van der Waals surface area contributed by atoms with Gasteiger partial charge in [-0.2, -0.15) is 0 Å². The highest BCUT2D eigenvalue weighted by Gasteiger charge is 2.33. The molecule has 5 nitrogen and oxygen atoms in total. The first-order chi connectivity index (χ1) is 13.1. The fourth-order valence-electron chi connectivity index (χ4n) is 3.86. The lowest BCUT2D eigenvalue weighted by atomic mass is 9.93. The maximum Gasteiger partial charge on any atom is 0.244 e. The van der Waals surface area contributed by atoms with Crippen LogP contribution in [0.3, 0.4) is 0 Å². The Hall–Kier alpha value is -2.66. The van der Waals surface area contributed by atoms with E-state index < -0.39 is 0 Å². The quantitative estimate of drug-likeness (QED) is 0.707. The predicted octanol–water partition coefficient (Wildman–Crippen LogP) is 3.84. The number of oxazole rings is 1. The van der Waals surface area contributed by atoms with Crippen molar-refractivity contribution in [3.05, 3.63) is 66.1 Å². The van der Waals surface area contributed by atoms with Crippen molar-refractivity contribution in [1.82, 2.24) is 14.8 Å². The molecule has 2 aromatic carbocycles. The lowest BCUT2D eigenvalue weighted by molar-refractivity contribution is -0.135. The Morgan fingerprint density at radius 3 is 2.41 bits per heavy atom. The van der Waals surface area contributed by atoms with Crippen molar-refractivity contribution in [2.75, 3.05) is 27.2 Å². The Bertz CT molecular complexity index is 878. The van der Waals surface area contributed by atoms with Gasteiger partial charge in [0, 0.05) is 20.0 Å². The van der Waals surface area contributed by atoms with E-state index in [4.69, 9.17) is 4.42 Å². The molecule has 3 aromatic rings. The third kappa shape index (κ3) is 3.60. The van der Waals surface area contributed by atoms with Crippen molar-refractivity contribution in [2.45, 2.75) is 24.8 Å². The molecule has 0 radical (unpaired) electrons. The van der Waals surface area contributed by atoms with Crippen LogP contribution in [0.2, 0.25) is 0 Å². The van der Waals surface area contributed by atoms with Gasteiger partial charge in [-0.25, -0.2) is 4.98 Å². The summed E-state index contributed by atoms with van der Waals surface area (Å²) < 4.78 is 5.97. The summed E-state index contributed by atoms with van der Waals surface area (Å²) in [4.78, 5) is 21.5. The molecule has 27 heavy (non-hydrogen) atoms. The van der Waals surface area contributed by atoms with Crippen LogP contribution in [0.15, 0.2) is 59.0 Å². The first-order valence-corrected chi connectivity index (χ1v) is 9.49. The van der Waals surface area contributed by atoms with E-state index in [1.807, 2.05) is 68.7 Å². The molecular weight excluding hydrogens is 338 g/mol. The number of para-hydroxylation sites is 2. The van der Waals surface area contributed by atoms with Gasteiger partial charge >= 0.3 is 0 Å². The maximum atomic E-state index is 12.9. The van der Waals surface area contributed by atoms with E-state index in [1.54, 1.807) is 4.90 Å². The van der Waals surface area contributed by atoms with Gasteiger partial charge in [-0.3, -0.25) is 9.69 Å². The highest BCUT2D eigenvalue weighted by Crippen LogP contribution is 2.33. The van der Waals surface area contributed by atoms with E-state index in [-0.39, 0.29) is 11.9 Å². The monoisotopic (exact) mass is 363 g/mol. The fourth-order valence-corrected chi connectivity index (χ4v) is 3.86. The Balaban J connectivity index is 1.51. The molecule has 140 valence electrons. The smallest absolute Gasteiger partial charge is 0.244 e. The fraction of sp³-hybridized carbons (Fsp3) is 0.364. The molecule has 2 heterocycles.